The summed E-state index contributed by atoms with van der Waals surface area (Å²) in [5.41, 5.74) is 1.25. The highest BCUT2D eigenvalue weighted by Gasteiger charge is 2.28. The molecular formula is C18H29ClN2. The van der Waals surface area contributed by atoms with Crippen molar-refractivity contribution in [2.45, 2.75) is 58.7 Å². The zero-order valence-electron chi connectivity index (χ0n) is 13.6. The van der Waals surface area contributed by atoms with E-state index in [1.165, 1.54) is 24.8 Å². The van der Waals surface area contributed by atoms with Crippen LogP contribution in [0.5, 0.6) is 0 Å². The quantitative estimate of drug-likeness (QED) is 0.841. The van der Waals surface area contributed by atoms with Crippen LogP contribution in [0.1, 0.15) is 45.6 Å². The summed E-state index contributed by atoms with van der Waals surface area (Å²) in [6.07, 6.45) is 3.75. The highest BCUT2D eigenvalue weighted by Crippen LogP contribution is 2.23. The van der Waals surface area contributed by atoms with E-state index in [4.69, 9.17) is 11.6 Å². The van der Waals surface area contributed by atoms with Gasteiger partial charge in [0.05, 0.1) is 0 Å². The zero-order valence-corrected chi connectivity index (χ0v) is 14.4. The Morgan fingerprint density at radius 1 is 1.33 bits per heavy atom. The van der Waals surface area contributed by atoms with Crippen molar-refractivity contribution in [3.05, 3.63) is 34.9 Å². The summed E-state index contributed by atoms with van der Waals surface area (Å²) in [5.74, 6) is 0.730. The van der Waals surface area contributed by atoms with E-state index in [1.54, 1.807) is 0 Å². The predicted molar refractivity (Wildman–Crippen MR) is 91.8 cm³/mol. The molecule has 0 aliphatic carbocycles. The van der Waals surface area contributed by atoms with Gasteiger partial charge in [0.25, 0.3) is 0 Å². The number of halogens is 1. The van der Waals surface area contributed by atoms with Gasteiger partial charge in [-0.1, -0.05) is 57.0 Å². The smallest absolute Gasteiger partial charge is 0.0451 e. The van der Waals surface area contributed by atoms with Gasteiger partial charge in [-0.15, -0.1) is 0 Å². The van der Waals surface area contributed by atoms with Gasteiger partial charge in [0, 0.05) is 36.7 Å². The van der Waals surface area contributed by atoms with Gasteiger partial charge < -0.3 is 5.32 Å². The molecule has 2 rings (SSSR count). The van der Waals surface area contributed by atoms with E-state index in [0.29, 0.717) is 12.1 Å². The molecule has 0 saturated carbocycles. The number of nitrogens with zero attached hydrogens (tertiary/aromatic N) is 1. The van der Waals surface area contributed by atoms with Gasteiger partial charge in [-0.2, -0.15) is 0 Å². The molecule has 1 fully saturated rings. The fourth-order valence-corrected chi connectivity index (χ4v) is 3.48. The van der Waals surface area contributed by atoms with Crippen molar-refractivity contribution < 1.29 is 0 Å². The van der Waals surface area contributed by atoms with Crippen molar-refractivity contribution in [2.75, 3.05) is 13.1 Å². The van der Waals surface area contributed by atoms with Gasteiger partial charge in [-0.25, -0.2) is 0 Å². The average molecular weight is 309 g/mol. The van der Waals surface area contributed by atoms with Crippen molar-refractivity contribution in [2.24, 2.45) is 5.92 Å². The monoisotopic (exact) mass is 308 g/mol. The lowest BCUT2D eigenvalue weighted by Gasteiger charge is -2.41. The number of hydrogen-bond acceptors (Lipinski definition) is 2. The Morgan fingerprint density at radius 2 is 2.10 bits per heavy atom. The van der Waals surface area contributed by atoms with Gasteiger partial charge in [0.15, 0.2) is 0 Å². The van der Waals surface area contributed by atoms with Crippen LogP contribution in [-0.4, -0.2) is 30.1 Å². The van der Waals surface area contributed by atoms with Crippen LogP contribution in [-0.2, 0) is 6.54 Å². The summed E-state index contributed by atoms with van der Waals surface area (Å²) in [5, 5.41) is 4.63. The standard InChI is InChI=1S/C18H29ClN2/c1-4-7-16-13-21(17(11-20-16)10-14(2)3)12-15-8-5-6-9-18(15)19/h5-6,8-9,14,16-17,20H,4,7,10-13H2,1-3H3. The molecule has 2 unspecified atom stereocenters. The Labute approximate surface area is 134 Å². The molecule has 0 radical (unpaired) electrons. The summed E-state index contributed by atoms with van der Waals surface area (Å²) >= 11 is 6.35. The normalized spacial score (nSPS) is 23.7. The number of nitrogens with one attached hydrogen (secondary N) is 1. The highest BCUT2D eigenvalue weighted by molar-refractivity contribution is 6.31. The Bertz CT molecular complexity index is 433. The maximum absolute atomic E-state index is 6.35. The predicted octanol–water partition coefficient (Wildman–Crippen LogP) is 4.33. The van der Waals surface area contributed by atoms with E-state index in [1.807, 2.05) is 12.1 Å². The van der Waals surface area contributed by atoms with Crippen LogP contribution in [0.15, 0.2) is 24.3 Å². The van der Waals surface area contributed by atoms with Crippen LogP contribution in [0.3, 0.4) is 0 Å². The minimum atomic E-state index is 0.620. The van der Waals surface area contributed by atoms with Crippen LogP contribution in [0.2, 0.25) is 5.02 Å². The van der Waals surface area contributed by atoms with Crippen molar-refractivity contribution in [1.82, 2.24) is 10.2 Å². The number of benzene rings is 1. The lowest BCUT2D eigenvalue weighted by Crippen LogP contribution is -2.56. The first-order valence-electron chi connectivity index (χ1n) is 8.31. The van der Waals surface area contributed by atoms with E-state index in [0.717, 1.165) is 30.6 Å². The molecule has 1 aliphatic heterocycles. The molecule has 1 saturated heterocycles. The molecule has 21 heavy (non-hydrogen) atoms. The fourth-order valence-electron chi connectivity index (χ4n) is 3.29. The molecule has 1 aromatic rings. The highest BCUT2D eigenvalue weighted by atomic mass is 35.5. The molecule has 1 aromatic carbocycles. The number of rotatable bonds is 6. The van der Waals surface area contributed by atoms with E-state index in [-0.39, 0.29) is 0 Å². The second kappa shape index (κ2) is 8.17. The molecule has 0 aromatic heterocycles. The molecule has 1 N–H and O–H groups in total. The maximum Gasteiger partial charge on any atom is 0.0451 e. The van der Waals surface area contributed by atoms with Crippen molar-refractivity contribution >= 4 is 11.6 Å². The van der Waals surface area contributed by atoms with Crippen molar-refractivity contribution in [3.8, 4) is 0 Å². The van der Waals surface area contributed by atoms with E-state index in [9.17, 15) is 0 Å². The SMILES string of the molecule is CCCC1CN(Cc2ccccc2Cl)C(CC(C)C)CN1. The van der Waals surface area contributed by atoms with Crippen LogP contribution in [0.25, 0.3) is 0 Å². The first kappa shape index (κ1) is 16.8. The Morgan fingerprint density at radius 3 is 2.76 bits per heavy atom. The molecule has 3 heteroatoms. The first-order valence-corrected chi connectivity index (χ1v) is 8.68. The van der Waals surface area contributed by atoms with Gasteiger partial charge >= 0.3 is 0 Å². The van der Waals surface area contributed by atoms with Crippen LogP contribution in [0.4, 0.5) is 0 Å². The minimum absolute atomic E-state index is 0.620. The Kier molecular flexibility index (Phi) is 6.53. The molecular weight excluding hydrogens is 280 g/mol. The first-order chi connectivity index (χ1) is 10.1. The van der Waals surface area contributed by atoms with Gasteiger partial charge in [-0.3, -0.25) is 4.90 Å². The number of piperazine rings is 1. The van der Waals surface area contributed by atoms with Crippen LogP contribution in [0, 0.1) is 5.92 Å². The summed E-state index contributed by atoms with van der Waals surface area (Å²) in [7, 11) is 0. The summed E-state index contributed by atoms with van der Waals surface area (Å²) in [6.45, 7) is 10.1. The molecule has 0 amide bonds. The Hall–Kier alpha value is -0.570. The average Bonchev–Trinajstić information content (AvgIpc) is 2.44. The second-order valence-corrected chi connectivity index (χ2v) is 7.11. The molecule has 118 valence electrons. The molecule has 2 atom stereocenters. The lowest BCUT2D eigenvalue weighted by molar-refractivity contribution is 0.103. The van der Waals surface area contributed by atoms with Gasteiger partial charge in [0.1, 0.15) is 0 Å². The number of hydrogen-bond donors (Lipinski definition) is 1. The second-order valence-electron chi connectivity index (χ2n) is 6.70. The fraction of sp³-hybridized carbons (Fsp3) is 0.667. The lowest BCUT2D eigenvalue weighted by atomic mass is 9.97. The van der Waals surface area contributed by atoms with Gasteiger partial charge in [-0.05, 0) is 30.4 Å². The van der Waals surface area contributed by atoms with E-state index >= 15 is 0 Å². The topological polar surface area (TPSA) is 15.3 Å². The maximum atomic E-state index is 6.35. The third-order valence-electron chi connectivity index (χ3n) is 4.33. The van der Waals surface area contributed by atoms with Crippen molar-refractivity contribution in [3.63, 3.8) is 0 Å². The Balaban J connectivity index is 2.07. The molecule has 0 spiro atoms. The van der Waals surface area contributed by atoms with Crippen molar-refractivity contribution in [1.29, 1.82) is 0 Å². The molecule has 1 heterocycles. The third-order valence-corrected chi connectivity index (χ3v) is 4.69. The van der Waals surface area contributed by atoms with Crippen LogP contribution < -0.4 is 5.32 Å². The summed E-state index contributed by atoms with van der Waals surface area (Å²) in [6, 6.07) is 9.50. The van der Waals surface area contributed by atoms with Gasteiger partial charge in [0.2, 0.25) is 0 Å². The largest absolute Gasteiger partial charge is 0.311 e. The zero-order chi connectivity index (χ0) is 15.2. The van der Waals surface area contributed by atoms with E-state index < -0.39 is 0 Å². The van der Waals surface area contributed by atoms with E-state index in [2.05, 4.69) is 43.1 Å². The molecule has 2 nitrogen and oxygen atoms in total. The minimum Gasteiger partial charge on any atom is -0.311 e. The summed E-state index contributed by atoms with van der Waals surface area (Å²) < 4.78 is 0. The molecule has 0 bridgehead atoms. The molecule has 1 aliphatic rings. The third kappa shape index (κ3) is 4.98. The van der Waals surface area contributed by atoms with Crippen LogP contribution >= 0.6 is 11.6 Å². The summed E-state index contributed by atoms with van der Waals surface area (Å²) in [4.78, 5) is 2.64.